The Morgan fingerprint density at radius 2 is 1.00 bits per heavy atom. The predicted molar refractivity (Wildman–Crippen MR) is 135 cm³/mol. The summed E-state index contributed by atoms with van der Waals surface area (Å²) in [5.74, 6) is 0.913. The molecule has 0 bridgehead atoms. The molecule has 0 saturated carbocycles. The van der Waals surface area contributed by atoms with Crippen molar-refractivity contribution in [3.8, 4) is 5.75 Å². The minimum absolute atomic E-state index is 0.643. The first kappa shape index (κ1) is 20.8. The van der Waals surface area contributed by atoms with Gasteiger partial charge >= 0.3 is 188 Å². The quantitative estimate of drug-likeness (QED) is 0.254. The zero-order chi connectivity index (χ0) is 20.7. The molecule has 0 aromatic heterocycles. The monoisotopic (exact) mass is 476 g/mol. The van der Waals surface area contributed by atoms with Gasteiger partial charge in [-0.2, -0.15) is 0 Å². The molecule has 3 heteroatoms. The number of halogens is 1. The van der Waals surface area contributed by atoms with E-state index in [0.717, 1.165) is 18.1 Å². The summed E-state index contributed by atoms with van der Waals surface area (Å²) in [6.45, 7) is 0.643. The van der Waals surface area contributed by atoms with Gasteiger partial charge in [-0.05, 0) is 0 Å². The zero-order valence-electron chi connectivity index (χ0n) is 16.9. The van der Waals surface area contributed by atoms with Crippen molar-refractivity contribution in [3.05, 3.63) is 127 Å². The summed E-state index contributed by atoms with van der Waals surface area (Å²) >= 11 is 4.47. The molecule has 0 saturated heterocycles. The van der Waals surface area contributed by atoms with Gasteiger partial charge in [0, 0.05) is 0 Å². The fourth-order valence-electron chi connectivity index (χ4n) is 4.04. The third kappa shape index (κ3) is 4.36. The van der Waals surface area contributed by atoms with Gasteiger partial charge in [0.15, 0.2) is 0 Å². The van der Waals surface area contributed by atoms with Crippen molar-refractivity contribution >= 4 is 31.4 Å². The van der Waals surface area contributed by atoms with E-state index in [9.17, 15) is 0 Å². The van der Waals surface area contributed by atoms with Crippen LogP contribution in [0.25, 0.3) is 0 Å². The third-order valence-electron chi connectivity index (χ3n) is 5.62. The van der Waals surface area contributed by atoms with Gasteiger partial charge in [0.05, 0.1) is 0 Å². The zero-order valence-corrected chi connectivity index (χ0v) is 19.4. The molecule has 1 nitrogen and oxygen atoms in total. The summed E-state index contributed by atoms with van der Waals surface area (Å²) in [5, 5.41) is -0.0526. The summed E-state index contributed by atoms with van der Waals surface area (Å²) in [5.41, 5.74) is 1.33. The van der Waals surface area contributed by atoms with E-state index in [2.05, 4.69) is 106 Å². The van der Waals surface area contributed by atoms with Crippen LogP contribution in [0, 0.1) is 0 Å². The van der Waals surface area contributed by atoms with E-state index in [-0.39, 0.29) is 0 Å². The summed E-state index contributed by atoms with van der Waals surface area (Å²) in [6.07, 6.45) is 1.85. The first-order chi connectivity index (χ1) is 14.7. The van der Waals surface area contributed by atoms with E-state index in [1.54, 1.807) is 0 Å². The van der Waals surface area contributed by atoms with Crippen LogP contribution in [0.1, 0.15) is 5.56 Å². The molecule has 0 radical (unpaired) electrons. The van der Waals surface area contributed by atoms with E-state index in [1.165, 1.54) is 16.2 Å². The molecule has 0 amide bonds. The number of ether oxygens (including phenoxy) is 1. The normalized spacial score (nSPS) is 12.6. The van der Waals surface area contributed by atoms with Crippen LogP contribution in [0.15, 0.2) is 121 Å². The molecule has 4 rings (SSSR count). The molecule has 4 aromatic rings. The van der Waals surface area contributed by atoms with Crippen molar-refractivity contribution < 1.29 is 4.74 Å². The van der Waals surface area contributed by atoms with Crippen LogP contribution >= 0.6 is 20.8 Å². The van der Waals surface area contributed by atoms with Crippen molar-refractivity contribution in [1.82, 2.24) is 0 Å². The fourth-order valence-corrected chi connectivity index (χ4v) is 11.3. The Bertz CT molecular complexity index is 1010. The predicted octanol–water partition coefficient (Wildman–Crippen LogP) is 6.78. The molecular weight excluding hydrogens is 451 g/mol. The second-order valence-electron chi connectivity index (χ2n) is 7.58. The Labute approximate surface area is 187 Å². The van der Waals surface area contributed by atoms with E-state index < -0.39 is 5.31 Å². The summed E-state index contributed by atoms with van der Waals surface area (Å²) in [6, 6.07) is 42.7. The van der Waals surface area contributed by atoms with Crippen LogP contribution < -0.4 is 15.3 Å². The molecule has 0 aliphatic rings. The summed E-state index contributed by atoms with van der Waals surface area (Å²) in [7, 11) is 0. The molecule has 152 valence electrons. The van der Waals surface area contributed by atoms with Crippen molar-refractivity contribution in [3.63, 3.8) is 0 Å². The van der Waals surface area contributed by atoms with Crippen LogP contribution in [0.2, 0.25) is 0 Å². The molecule has 0 fully saturated rings. The Hall–Kier alpha value is -2.41. The van der Waals surface area contributed by atoms with Gasteiger partial charge in [0.25, 0.3) is 0 Å². The van der Waals surface area contributed by atoms with Gasteiger partial charge in [-0.1, -0.05) is 0 Å². The van der Waals surface area contributed by atoms with Crippen molar-refractivity contribution in [2.24, 2.45) is 0 Å². The van der Waals surface area contributed by atoms with Crippen molar-refractivity contribution in [1.29, 1.82) is 0 Å². The Morgan fingerprint density at radius 1 is 0.567 bits per heavy atom. The second-order valence-corrected chi connectivity index (χ2v) is 17.3. The summed E-state index contributed by atoms with van der Waals surface area (Å²) < 4.78 is 6.21. The molecular formula is C27H26BrOP. The molecule has 0 atom stereocenters. The van der Waals surface area contributed by atoms with Crippen LogP contribution in [-0.2, 0) is 6.16 Å². The van der Waals surface area contributed by atoms with Gasteiger partial charge in [0.2, 0.25) is 0 Å². The minimum atomic E-state index is -2.77. The number of hydrogen-bond acceptors (Lipinski definition) is 1. The molecule has 0 N–H and O–H groups in total. The van der Waals surface area contributed by atoms with Crippen LogP contribution in [0.4, 0.5) is 0 Å². The number of rotatable bonds is 8. The van der Waals surface area contributed by atoms with Gasteiger partial charge < -0.3 is 0 Å². The SMILES string of the molecule is BrP(CCOc1ccccc1)(Cc1ccccc1)(c1ccccc1)c1ccccc1. The van der Waals surface area contributed by atoms with Crippen LogP contribution in [0.3, 0.4) is 0 Å². The topological polar surface area (TPSA) is 9.23 Å². The Morgan fingerprint density at radius 3 is 1.50 bits per heavy atom. The first-order valence-corrected chi connectivity index (χ1v) is 14.9. The molecule has 4 aromatic carbocycles. The van der Waals surface area contributed by atoms with E-state index in [1.807, 2.05) is 30.3 Å². The maximum atomic E-state index is 6.21. The molecule has 0 aliphatic heterocycles. The van der Waals surface area contributed by atoms with Gasteiger partial charge in [0.1, 0.15) is 0 Å². The molecule has 0 spiro atoms. The number of para-hydroxylation sites is 1. The maximum absolute atomic E-state index is 6.21. The van der Waals surface area contributed by atoms with Crippen molar-refractivity contribution in [2.75, 3.05) is 12.8 Å². The first-order valence-electron chi connectivity index (χ1n) is 10.2. The summed E-state index contributed by atoms with van der Waals surface area (Å²) in [4.78, 5) is 0. The van der Waals surface area contributed by atoms with Gasteiger partial charge in [-0.15, -0.1) is 0 Å². The van der Waals surface area contributed by atoms with E-state index >= 15 is 0 Å². The number of hydrogen-bond donors (Lipinski definition) is 0. The molecule has 0 heterocycles. The number of benzene rings is 4. The third-order valence-corrected chi connectivity index (χ3v) is 15.0. The Balaban J connectivity index is 1.80. The van der Waals surface area contributed by atoms with Crippen LogP contribution in [-0.4, -0.2) is 12.8 Å². The molecule has 0 unspecified atom stereocenters. The van der Waals surface area contributed by atoms with E-state index in [0.29, 0.717) is 6.61 Å². The standard InChI is InChI=1S/C27H26BrOP/c28-30(26-17-9-3-10-18-26,27-19-11-4-12-20-27,23-24-13-5-1-6-14-24)22-21-29-25-15-7-2-8-16-25/h1-20H,21-23H2. The van der Waals surface area contributed by atoms with E-state index in [4.69, 9.17) is 4.74 Å². The van der Waals surface area contributed by atoms with Crippen LogP contribution in [0.5, 0.6) is 5.75 Å². The van der Waals surface area contributed by atoms with Gasteiger partial charge in [-0.25, -0.2) is 0 Å². The van der Waals surface area contributed by atoms with Crippen molar-refractivity contribution in [2.45, 2.75) is 6.16 Å². The Kier molecular flexibility index (Phi) is 6.37. The van der Waals surface area contributed by atoms with Gasteiger partial charge in [-0.3, -0.25) is 0 Å². The molecule has 0 aliphatic carbocycles. The average molecular weight is 477 g/mol. The fraction of sp³-hybridized carbons (Fsp3) is 0.111. The molecule has 30 heavy (non-hydrogen) atoms. The second kappa shape index (κ2) is 9.16. The average Bonchev–Trinajstić information content (AvgIpc) is 2.82.